The van der Waals surface area contributed by atoms with Crippen molar-refractivity contribution >= 4 is 17.4 Å². The number of para-hydroxylation sites is 1. The standard InChI is InChI=1S/C29H32N2O5/c1-22(32)25-18-13-19-26(29(25)31(34)35)36-21-12-4-3-11-20-27(33)30(2)28(23-14-7-5-8-15-23)24-16-9-6-10-17-24/h5-10,13-19,28H,3-4,11-12,20-21H2,1-2H3. The van der Waals surface area contributed by atoms with Crippen LogP contribution in [0, 0.1) is 10.1 Å². The first-order valence-corrected chi connectivity index (χ1v) is 12.2. The number of carbonyl (C=O) groups excluding carboxylic acids is 2. The maximum absolute atomic E-state index is 13.0. The summed E-state index contributed by atoms with van der Waals surface area (Å²) in [5, 5.41) is 11.4. The molecule has 0 atom stereocenters. The van der Waals surface area contributed by atoms with Crippen molar-refractivity contribution in [3.8, 4) is 5.75 Å². The van der Waals surface area contributed by atoms with E-state index in [1.54, 1.807) is 6.07 Å². The van der Waals surface area contributed by atoms with Crippen LogP contribution in [0.2, 0.25) is 0 Å². The van der Waals surface area contributed by atoms with Crippen LogP contribution in [0.15, 0.2) is 78.9 Å². The minimum Gasteiger partial charge on any atom is -0.487 e. The first kappa shape index (κ1) is 26.6. The Morgan fingerprint density at radius 3 is 2.00 bits per heavy atom. The molecule has 0 saturated carbocycles. The first-order chi connectivity index (χ1) is 17.4. The van der Waals surface area contributed by atoms with Crippen LogP contribution in [0.4, 0.5) is 5.69 Å². The van der Waals surface area contributed by atoms with Gasteiger partial charge in [-0.2, -0.15) is 0 Å². The van der Waals surface area contributed by atoms with E-state index in [2.05, 4.69) is 0 Å². The van der Waals surface area contributed by atoms with E-state index in [0.29, 0.717) is 19.4 Å². The van der Waals surface area contributed by atoms with Crippen LogP contribution in [-0.2, 0) is 4.79 Å². The second kappa shape index (κ2) is 13.2. The summed E-state index contributed by atoms with van der Waals surface area (Å²) in [5.41, 5.74) is 1.90. The van der Waals surface area contributed by atoms with E-state index < -0.39 is 4.92 Å². The van der Waals surface area contributed by atoms with Crippen molar-refractivity contribution in [2.24, 2.45) is 0 Å². The normalized spacial score (nSPS) is 10.8. The van der Waals surface area contributed by atoms with E-state index in [9.17, 15) is 19.7 Å². The van der Waals surface area contributed by atoms with Crippen LogP contribution < -0.4 is 4.74 Å². The van der Waals surface area contributed by atoms with Gasteiger partial charge in [-0.05, 0) is 43.0 Å². The van der Waals surface area contributed by atoms with Gasteiger partial charge in [-0.1, -0.05) is 79.6 Å². The minimum atomic E-state index is -0.577. The molecule has 188 valence electrons. The lowest BCUT2D eigenvalue weighted by Crippen LogP contribution is -2.31. The summed E-state index contributed by atoms with van der Waals surface area (Å²) < 4.78 is 5.62. The predicted molar refractivity (Wildman–Crippen MR) is 139 cm³/mol. The topological polar surface area (TPSA) is 89.8 Å². The molecule has 3 rings (SSSR count). The zero-order valence-electron chi connectivity index (χ0n) is 20.8. The molecule has 0 spiro atoms. The molecule has 7 heteroatoms. The first-order valence-electron chi connectivity index (χ1n) is 12.2. The Morgan fingerprint density at radius 2 is 1.44 bits per heavy atom. The summed E-state index contributed by atoms with van der Waals surface area (Å²) >= 11 is 0. The Morgan fingerprint density at radius 1 is 0.861 bits per heavy atom. The van der Waals surface area contributed by atoms with E-state index >= 15 is 0 Å². The summed E-state index contributed by atoms with van der Waals surface area (Å²) in [4.78, 5) is 37.3. The Hall–Kier alpha value is -4.00. The van der Waals surface area contributed by atoms with E-state index in [1.165, 1.54) is 19.1 Å². The third-order valence-corrected chi connectivity index (χ3v) is 6.11. The Labute approximate surface area is 211 Å². The van der Waals surface area contributed by atoms with E-state index in [1.807, 2.05) is 72.6 Å². The number of hydrogen-bond acceptors (Lipinski definition) is 5. The molecular weight excluding hydrogens is 456 g/mol. The fourth-order valence-corrected chi connectivity index (χ4v) is 4.26. The smallest absolute Gasteiger partial charge is 0.321 e. The lowest BCUT2D eigenvalue weighted by Gasteiger charge is -2.29. The Kier molecular flexibility index (Phi) is 9.74. The van der Waals surface area contributed by atoms with Crippen LogP contribution in [0.5, 0.6) is 5.75 Å². The van der Waals surface area contributed by atoms with Crippen molar-refractivity contribution in [3.05, 3.63) is 106 Å². The maximum Gasteiger partial charge on any atom is 0.321 e. The predicted octanol–water partition coefficient (Wildman–Crippen LogP) is 6.37. The van der Waals surface area contributed by atoms with Crippen LogP contribution in [-0.4, -0.2) is 35.2 Å². The average molecular weight is 489 g/mol. The van der Waals surface area contributed by atoms with Crippen molar-refractivity contribution in [3.63, 3.8) is 0 Å². The number of ketones is 1. The zero-order valence-corrected chi connectivity index (χ0v) is 20.8. The van der Waals surface area contributed by atoms with Gasteiger partial charge < -0.3 is 9.64 Å². The molecular formula is C29H32N2O5. The highest BCUT2D eigenvalue weighted by molar-refractivity contribution is 5.99. The fourth-order valence-electron chi connectivity index (χ4n) is 4.26. The number of amides is 1. The quantitative estimate of drug-likeness (QED) is 0.121. The van der Waals surface area contributed by atoms with Crippen molar-refractivity contribution in [1.29, 1.82) is 0 Å². The largest absolute Gasteiger partial charge is 0.487 e. The molecule has 3 aromatic rings. The van der Waals surface area contributed by atoms with Crippen LogP contribution in [0.3, 0.4) is 0 Å². The molecule has 7 nitrogen and oxygen atoms in total. The van der Waals surface area contributed by atoms with Crippen molar-refractivity contribution in [2.45, 2.75) is 45.1 Å². The average Bonchev–Trinajstić information content (AvgIpc) is 2.89. The molecule has 3 aromatic carbocycles. The molecule has 0 aliphatic carbocycles. The van der Waals surface area contributed by atoms with Gasteiger partial charge in [-0.3, -0.25) is 19.7 Å². The van der Waals surface area contributed by atoms with Crippen LogP contribution in [0.1, 0.15) is 66.6 Å². The van der Waals surface area contributed by atoms with Gasteiger partial charge in [0, 0.05) is 13.5 Å². The number of nitrogens with zero attached hydrogens (tertiary/aromatic N) is 2. The Bertz CT molecular complexity index is 1130. The molecule has 0 N–H and O–H groups in total. The van der Waals surface area contributed by atoms with Crippen molar-refractivity contribution < 1.29 is 19.2 Å². The molecule has 0 heterocycles. The van der Waals surface area contributed by atoms with Gasteiger partial charge in [0.25, 0.3) is 0 Å². The monoisotopic (exact) mass is 488 g/mol. The lowest BCUT2D eigenvalue weighted by atomic mass is 9.97. The maximum atomic E-state index is 13.0. The SMILES string of the molecule is CC(=O)c1cccc(OCCCCCCC(=O)N(C)C(c2ccccc2)c2ccccc2)c1[N+](=O)[O-]. The number of carbonyl (C=O) groups is 2. The molecule has 0 unspecified atom stereocenters. The molecule has 0 saturated heterocycles. The second-order valence-corrected chi connectivity index (χ2v) is 8.71. The summed E-state index contributed by atoms with van der Waals surface area (Å²) in [5.74, 6) is -0.179. The van der Waals surface area contributed by atoms with Crippen LogP contribution in [0.25, 0.3) is 0 Å². The summed E-state index contributed by atoms with van der Waals surface area (Å²) in [6.45, 7) is 1.60. The molecule has 0 aromatic heterocycles. The number of hydrogen-bond donors (Lipinski definition) is 0. The molecule has 36 heavy (non-hydrogen) atoms. The number of benzene rings is 3. The van der Waals surface area contributed by atoms with Crippen LogP contribution >= 0.6 is 0 Å². The lowest BCUT2D eigenvalue weighted by molar-refractivity contribution is -0.386. The van der Waals surface area contributed by atoms with Gasteiger partial charge in [0.05, 0.1) is 23.1 Å². The Balaban J connectivity index is 1.47. The fraction of sp³-hybridized carbons (Fsp3) is 0.310. The van der Waals surface area contributed by atoms with Crippen molar-refractivity contribution in [2.75, 3.05) is 13.7 Å². The molecule has 0 radical (unpaired) electrons. The van der Waals surface area contributed by atoms with E-state index in [4.69, 9.17) is 4.74 Å². The number of nitro benzene ring substituents is 1. The molecule has 0 fully saturated rings. The third-order valence-electron chi connectivity index (χ3n) is 6.11. The molecule has 0 aliphatic heterocycles. The number of nitro groups is 1. The number of rotatable bonds is 13. The number of unbranched alkanes of at least 4 members (excludes halogenated alkanes) is 3. The highest BCUT2D eigenvalue weighted by Gasteiger charge is 2.24. The summed E-state index contributed by atoms with van der Waals surface area (Å²) in [7, 11) is 1.85. The highest BCUT2D eigenvalue weighted by atomic mass is 16.6. The zero-order chi connectivity index (χ0) is 25.9. The van der Waals surface area contributed by atoms with Crippen molar-refractivity contribution in [1.82, 2.24) is 4.90 Å². The molecule has 1 amide bonds. The highest BCUT2D eigenvalue weighted by Crippen LogP contribution is 2.31. The summed E-state index contributed by atoms with van der Waals surface area (Å²) in [6, 6.07) is 24.4. The third kappa shape index (κ3) is 7.01. The van der Waals surface area contributed by atoms with Gasteiger partial charge in [-0.15, -0.1) is 0 Å². The van der Waals surface area contributed by atoms with Gasteiger partial charge >= 0.3 is 5.69 Å². The van der Waals surface area contributed by atoms with Gasteiger partial charge in [0.15, 0.2) is 11.5 Å². The number of ether oxygens (including phenoxy) is 1. The molecule has 0 bridgehead atoms. The minimum absolute atomic E-state index is 0.0458. The number of Topliss-reactive ketones (excluding diaryl/α,β-unsaturated/α-hetero) is 1. The van der Waals surface area contributed by atoms with Gasteiger partial charge in [-0.25, -0.2) is 0 Å². The van der Waals surface area contributed by atoms with E-state index in [0.717, 1.165) is 30.4 Å². The summed E-state index contributed by atoms with van der Waals surface area (Å²) in [6.07, 6.45) is 3.57. The van der Waals surface area contributed by atoms with Gasteiger partial charge in [0.1, 0.15) is 0 Å². The van der Waals surface area contributed by atoms with Gasteiger partial charge in [0.2, 0.25) is 5.91 Å². The van der Waals surface area contributed by atoms with E-state index in [-0.39, 0.29) is 34.7 Å². The molecule has 0 aliphatic rings. The second-order valence-electron chi connectivity index (χ2n) is 8.71.